The number of para-hydroxylation sites is 1. The van der Waals surface area contributed by atoms with Crippen LogP contribution in [0.1, 0.15) is 12.5 Å². The van der Waals surface area contributed by atoms with Gasteiger partial charge in [0.15, 0.2) is 0 Å². The van der Waals surface area contributed by atoms with E-state index in [0.717, 1.165) is 22.0 Å². The maximum Gasteiger partial charge on any atom is 0.277 e. The van der Waals surface area contributed by atoms with Crippen molar-refractivity contribution in [1.29, 1.82) is 0 Å². The Morgan fingerprint density at radius 2 is 2.00 bits per heavy atom. The molecule has 28 heavy (non-hydrogen) atoms. The molecule has 0 fully saturated rings. The van der Waals surface area contributed by atoms with E-state index in [1.807, 2.05) is 30.5 Å². The SMILES string of the molecule is C[C@@H](Sc1nnc(-c2c[nH]c3ccccc23)o1)C(=O)NCc1ccc(F)cc1. The molecule has 0 aliphatic heterocycles. The molecule has 0 spiro atoms. The molecule has 6 nitrogen and oxygen atoms in total. The van der Waals surface area contributed by atoms with Gasteiger partial charge in [0.2, 0.25) is 5.91 Å². The molecule has 0 aliphatic carbocycles. The van der Waals surface area contributed by atoms with Gasteiger partial charge in [0, 0.05) is 23.6 Å². The Hall–Kier alpha value is -3.13. The van der Waals surface area contributed by atoms with Gasteiger partial charge in [0.25, 0.3) is 11.1 Å². The minimum Gasteiger partial charge on any atom is -0.411 e. The van der Waals surface area contributed by atoms with Crippen LogP contribution in [0.15, 0.2) is 64.4 Å². The van der Waals surface area contributed by atoms with E-state index in [-0.39, 0.29) is 11.7 Å². The van der Waals surface area contributed by atoms with Gasteiger partial charge in [-0.3, -0.25) is 4.79 Å². The Morgan fingerprint density at radius 1 is 1.21 bits per heavy atom. The number of halogens is 1. The Labute approximate surface area is 164 Å². The van der Waals surface area contributed by atoms with Crippen molar-refractivity contribution in [3.05, 3.63) is 66.1 Å². The number of aromatic nitrogens is 3. The van der Waals surface area contributed by atoms with Crippen molar-refractivity contribution in [2.24, 2.45) is 0 Å². The largest absolute Gasteiger partial charge is 0.411 e. The summed E-state index contributed by atoms with van der Waals surface area (Å²) in [4.78, 5) is 15.5. The van der Waals surface area contributed by atoms with E-state index in [9.17, 15) is 9.18 Å². The topological polar surface area (TPSA) is 83.8 Å². The highest BCUT2D eigenvalue weighted by atomic mass is 32.2. The van der Waals surface area contributed by atoms with E-state index in [4.69, 9.17) is 4.42 Å². The van der Waals surface area contributed by atoms with Gasteiger partial charge < -0.3 is 14.7 Å². The maximum absolute atomic E-state index is 12.9. The van der Waals surface area contributed by atoms with Crippen LogP contribution >= 0.6 is 11.8 Å². The molecule has 0 saturated carbocycles. The summed E-state index contributed by atoms with van der Waals surface area (Å²) in [6.45, 7) is 2.09. The molecule has 1 amide bonds. The number of hydrogen-bond acceptors (Lipinski definition) is 5. The predicted molar refractivity (Wildman–Crippen MR) is 105 cm³/mol. The molecule has 1 atom stereocenters. The zero-order chi connectivity index (χ0) is 19.5. The van der Waals surface area contributed by atoms with Gasteiger partial charge in [0.1, 0.15) is 5.82 Å². The predicted octanol–water partition coefficient (Wildman–Crippen LogP) is 4.15. The second kappa shape index (κ2) is 7.85. The van der Waals surface area contributed by atoms with Gasteiger partial charge >= 0.3 is 0 Å². The summed E-state index contributed by atoms with van der Waals surface area (Å²) in [6, 6.07) is 13.8. The molecule has 0 unspecified atom stereocenters. The summed E-state index contributed by atoms with van der Waals surface area (Å²) in [7, 11) is 0. The van der Waals surface area contributed by atoms with Crippen molar-refractivity contribution in [3.63, 3.8) is 0 Å². The number of carbonyl (C=O) groups excluding carboxylic acids is 1. The molecule has 0 bridgehead atoms. The van der Waals surface area contributed by atoms with E-state index < -0.39 is 5.25 Å². The van der Waals surface area contributed by atoms with Crippen LogP contribution < -0.4 is 5.32 Å². The lowest BCUT2D eigenvalue weighted by Crippen LogP contribution is -2.30. The van der Waals surface area contributed by atoms with Crippen molar-refractivity contribution in [2.45, 2.75) is 23.9 Å². The van der Waals surface area contributed by atoms with Gasteiger partial charge in [-0.25, -0.2) is 4.39 Å². The Balaban J connectivity index is 1.39. The first-order chi connectivity index (χ1) is 13.6. The number of aromatic amines is 1. The van der Waals surface area contributed by atoms with Crippen molar-refractivity contribution in [1.82, 2.24) is 20.5 Å². The van der Waals surface area contributed by atoms with Gasteiger partial charge in [-0.05, 0) is 30.7 Å². The molecular formula is C20H17FN4O2S. The average Bonchev–Trinajstić information content (AvgIpc) is 3.34. The number of fused-ring (bicyclic) bond motifs is 1. The molecule has 8 heteroatoms. The fourth-order valence-electron chi connectivity index (χ4n) is 2.75. The van der Waals surface area contributed by atoms with Crippen LogP contribution in [0.4, 0.5) is 4.39 Å². The second-order valence-corrected chi connectivity index (χ2v) is 7.52. The fraction of sp³-hybridized carbons (Fsp3) is 0.150. The van der Waals surface area contributed by atoms with Crippen LogP contribution in [0.2, 0.25) is 0 Å². The van der Waals surface area contributed by atoms with E-state index in [0.29, 0.717) is 17.7 Å². The Morgan fingerprint density at radius 3 is 2.82 bits per heavy atom. The number of amides is 1. The summed E-state index contributed by atoms with van der Waals surface area (Å²) in [5.41, 5.74) is 2.63. The number of nitrogens with zero attached hydrogens (tertiary/aromatic N) is 2. The first-order valence-corrected chi connectivity index (χ1v) is 9.57. The maximum atomic E-state index is 12.9. The monoisotopic (exact) mass is 396 g/mol. The molecule has 4 rings (SSSR count). The number of hydrogen-bond donors (Lipinski definition) is 2. The van der Waals surface area contributed by atoms with Crippen molar-refractivity contribution < 1.29 is 13.6 Å². The summed E-state index contributed by atoms with van der Waals surface area (Å²) in [5, 5.41) is 11.9. The minimum absolute atomic E-state index is 0.166. The van der Waals surface area contributed by atoms with Crippen LogP contribution in [-0.4, -0.2) is 26.3 Å². The van der Waals surface area contributed by atoms with Crippen LogP contribution in [0, 0.1) is 5.82 Å². The molecule has 0 radical (unpaired) electrons. The number of thioether (sulfide) groups is 1. The zero-order valence-corrected chi connectivity index (χ0v) is 15.8. The number of rotatable bonds is 6. The molecule has 2 aromatic heterocycles. The first kappa shape index (κ1) is 18.2. The zero-order valence-electron chi connectivity index (χ0n) is 15.0. The lowest BCUT2D eigenvalue weighted by molar-refractivity contribution is -0.120. The molecule has 0 saturated heterocycles. The molecule has 2 heterocycles. The number of carbonyl (C=O) groups is 1. The summed E-state index contributed by atoms with van der Waals surface area (Å²) in [6.07, 6.45) is 1.82. The highest BCUT2D eigenvalue weighted by molar-refractivity contribution is 8.00. The second-order valence-electron chi connectivity index (χ2n) is 6.23. The van der Waals surface area contributed by atoms with E-state index >= 15 is 0 Å². The molecule has 4 aromatic rings. The smallest absolute Gasteiger partial charge is 0.277 e. The highest BCUT2D eigenvalue weighted by Gasteiger charge is 2.19. The van der Waals surface area contributed by atoms with Crippen LogP contribution in [0.3, 0.4) is 0 Å². The third-order valence-electron chi connectivity index (χ3n) is 4.25. The fourth-order valence-corrected chi connectivity index (χ4v) is 3.46. The first-order valence-electron chi connectivity index (χ1n) is 8.69. The summed E-state index contributed by atoms with van der Waals surface area (Å²) < 4.78 is 18.7. The molecule has 0 aliphatic rings. The van der Waals surface area contributed by atoms with Crippen molar-refractivity contribution >= 4 is 28.6 Å². The van der Waals surface area contributed by atoms with Crippen molar-refractivity contribution in [2.75, 3.05) is 0 Å². The number of nitrogens with one attached hydrogen (secondary N) is 2. The van der Waals surface area contributed by atoms with Crippen molar-refractivity contribution in [3.8, 4) is 11.5 Å². The van der Waals surface area contributed by atoms with Crippen LogP contribution in [0.25, 0.3) is 22.4 Å². The highest BCUT2D eigenvalue weighted by Crippen LogP contribution is 2.30. The van der Waals surface area contributed by atoms with Crippen LogP contribution in [0.5, 0.6) is 0 Å². The third kappa shape index (κ3) is 3.91. The van der Waals surface area contributed by atoms with Crippen LogP contribution in [-0.2, 0) is 11.3 Å². The minimum atomic E-state index is -0.420. The Kier molecular flexibility index (Phi) is 5.12. The third-order valence-corrected chi connectivity index (χ3v) is 5.19. The number of benzene rings is 2. The van der Waals surface area contributed by atoms with E-state index in [1.165, 1.54) is 23.9 Å². The lowest BCUT2D eigenvalue weighted by atomic mass is 10.2. The lowest BCUT2D eigenvalue weighted by Gasteiger charge is -2.09. The molecular weight excluding hydrogens is 379 g/mol. The Bertz CT molecular complexity index is 1110. The molecule has 2 N–H and O–H groups in total. The average molecular weight is 396 g/mol. The van der Waals surface area contributed by atoms with E-state index in [2.05, 4.69) is 20.5 Å². The van der Waals surface area contributed by atoms with Gasteiger partial charge in [-0.2, -0.15) is 0 Å². The van der Waals surface area contributed by atoms with Gasteiger partial charge in [-0.15, -0.1) is 10.2 Å². The molecule has 2 aromatic carbocycles. The standard InChI is InChI=1S/C20H17FN4O2S/c1-12(18(26)23-10-13-6-8-14(21)9-7-13)28-20-25-24-19(27-20)16-11-22-17-5-3-2-4-15(16)17/h2-9,11-12,22H,10H2,1H3,(H,23,26)/t12-/m1/s1. The quantitative estimate of drug-likeness (QED) is 0.478. The van der Waals surface area contributed by atoms with E-state index in [1.54, 1.807) is 19.1 Å². The van der Waals surface area contributed by atoms with Gasteiger partial charge in [0.05, 0.1) is 10.8 Å². The van der Waals surface area contributed by atoms with Gasteiger partial charge in [-0.1, -0.05) is 42.1 Å². The summed E-state index contributed by atoms with van der Waals surface area (Å²) in [5.74, 6) is -0.0681. The normalized spacial score (nSPS) is 12.2. The number of H-pyrrole nitrogens is 1. The molecule has 142 valence electrons. The summed E-state index contributed by atoms with van der Waals surface area (Å²) >= 11 is 1.19.